The van der Waals surface area contributed by atoms with E-state index in [0.717, 1.165) is 56.8 Å². The Morgan fingerprint density at radius 3 is 2.28 bits per heavy atom. The Morgan fingerprint density at radius 2 is 1.54 bits per heavy atom. The minimum absolute atomic E-state index is 0. The van der Waals surface area contributed by atoms with Crippen LogP contribution in [0.1, 0.15) is 43.2 Å². The van der Waals surface area contributed by atoms with Crippen LogP contribution in [0.4, 0.5) is 0 Å². The second-order valence-corrected chi connectivity index (χ2v) is 25.0. The van der Waals surface area contributed by atoms with E-state index in [4.69, 9.17) is 9.40 Å². The molecule has 1 aliphatic rings. The van der Waals surface area contributed by atoms with Gasteiger partial charge in [0.15, 0.2) is 0 Å². The summed E-state index contributed by atoms with van der Waals surface area (Å²) < 4.78 is 7.84. The van der Waals surface area contributed by atoms with Gasteiger partial charge in [0.1, 0.15) is 5.58 Å². The zero-order valence-electron chi connectivity index (χ0n) is 29.4. The molecular weight excluding hydrogens is 849 g/mol. The average Bonchev–Trinajstić information content (AvgIpc) is 3.51. The third-order valence-electron chi connectivity index (χ3n) is 9.77. The molecule has 5 heteroatoms. The fourth-order valence-corrected chi connectivity index (χ4v) is 10.8. The first-order valence-electron chi connectivity index (χ1n) is 17.7. The molecule has 1 aliphatic carbocycles. The van der Waals surface area contributed by atoms with Crippen LogP contribution in [0.15, 0.2) is 120 Å². The van der Waals surface area contributed by atoms with Crippen LogP contribution in [-0.2, 0) is 26.5 Å². The summed E-state index contributed by atoms with van der Waals surface area (Å²) in [4.78, 5) is 9.29. The molecule has 0 atom stereocenters. The summed E-state index contributed by atoms with van der Waals surface area (Å²) in [5, 5.41) is 2.25. The number of fused-ring (bicyclic) bond motifs is 3. The van der Waals surface area contributed by atoms with Crippen LogP contribution >= 0.6 is 0 Å². The van der Waals surface area contributed by atoms with Crippen LogP contribution in [-0.4, -0.2) is 23.2 Å². The molecular formula is C45H44GeIrN2O-2. The van der Waals surface area contributed by atoms with Crippen LogP contribution < -0.4 is 4.40 Å². The number of furan rings is 1. The molecule has 0 aliphatic heterocycles. The predicted molar refractivity (Wildman–Crippen MR) is 208 cm³/mol. The summed E-state index contributed by atoms with van der Waals surface area (Å²) in [6.07, 6.45) is 12.0. The van der Waals surface area contributed by atoms with E-state index in [0.29, 0.717) is 0 Å². The van der Waals surface area contributed by atoms with Gasteiger partial charge in [0.2, 0.25) is 0 Å². The standard InChI is InChI=1S/C30H26NO.C15H18GeN.Ir/c1-3-8-21(9-4-1)18-22-16-17-31-28(19-22)26-13-7-12-25-27-20-24(23-10-5-2-6-11-23)14-15-29(27)32-30(25)26;1-12-10-15(13-8-6-5-7-9-13)17-11-14(12)16(2,3)4;/h2,5-7,10-12,14-17,19-21H,1,3-4,8-9,18H2;5-8,10-11H,1-4H3;/q2*-1;. The number of hydrogen-bond donors (Lipinski definition) is 0. The van der Waals surface area contributed by atoms with E-state index in [2.05, 4.69) is 120 Å². The van der Waals surface area contributed by atoms with Gasteiger partial charge >= 0.3 is 106 Å². The van der Waals surface area contributed by atoms with E-state index in [1.807, 2.05) is 36.5 Å². The first-order valence-corrected chi connectivity index (χ1v) is 25.0. The maximum atomic E-state index is 6.35. The molecule has 0 saturated heterocycles. The van der Waals surface area contributed by atoms with Crippen LogP contribution in [0, 0.1) is 25.0 Å². The topological polar surface area (TPSA) is 38.9 Å². The van der Waals surface area contributed by atoms with Crippen LogP contribution in [0.5, 0.6) is 0 Å². The summed E-state index contributed by atoms with van der Waals surface area (Å²) in [5.74, 6) is 8.01. The SMILES string of the molecule is Cc1cc(-c2[c-]cccc2)nc[c]1[Ge]([CH3])([CH3])[CH3].[Ir].[c-]1ccc2c(oc3ccc(-c4ccccc4)cc32)c1-c1cc(CC2CCCCC2)ccn1. The maximum absolute atomic E-state index is 6.35. The van der Waals surface area contributed by atoms with Gasteiger partial charge in [-0.2, -0.15) is 0 Å². The fourth-order valence-electron chi connectivity index (χ4n) is 7.25. The van der Waals surface area contributed by atoms with Gasteiger partial charge in [-0.05, 0) is 47.4 Å². The van der Waals surface area contributed by atoms with E-state index in [9.17, 15) is 0 Å². The smallest absolute Gasteiger partial charge is 0.120 e. The van der Waals surface area contributed by atoms with Gasteiger partial charge < -0.3 is 9.40 Å². The number of aromatic nitrogens is 2. The minimum Gasteiger partial charge on any atom is -0.501 e. The summed E-state index contributed by atoms with van der Waals surface area (Å²) in [7, 11) is 0. The Morgan fingerprint density at radius 1 is 0.740 bits per heavy atom. The fraction of sp³-hybridized carbons (Fsp3) is 0.244. The predicted octanol–water partition coefficient (Wildman–Crippen LogP) is 11.6. The number of nitrogens with zero attached hydrogens (tertiary/aromatic N) is 2. The van der Waals surface area contributed by atoms with E-state index < -0.39 is 13.3 Å². The van der Waals surface area contributed by atoms with E-state index >= 15 is 0 Å². The quantitative estimate of drug-likeness (QED) is 0.123. The molecule has 0 amide bonds. The Kier molecular flexibility index (Phi) is 11.5. The van der Waals surface area contributed by atoms with Crippen molar-refractivity contribution in [2.24, 2.45) is 5.92 Å². The molecule has 50 heavy (non-hydrogen) atoms. The summed E-state index contributed by atoms with van der Waals surface area (Å²) >= 11 is -1.77. The van der Waals surface area contributed by atoms with Crippen molar-refractivity contribution in [3.63, 3.8) is 0 Å². The number of benzene rings is 4. The van der Waals surface area contributed by atoms with Crippen molar-refractivity contribution in [2.45, 2.75) is 62.7 Å². The zero-order valence-corrected chi connectivity index (χ0v) is 33.9. The molecule has 255 valence electrons. The second-order valence-electron chi connectivity index (χ2n) is 14.4. The van der Waals surface area contributed by atoms with Crippen LogP contribution in [0.3, 0.4) is 0 Å². The van der Waals surface area contributed by atoms with Gasteiger partial charge in [-0.15, -0.1) is 18.2 Å². The molecule has 8 rings (SSSR count). The van der Waals surface area contributed by atoms with E-state index in [-0.39, 0.29) is 20.1 Å². The van der Waals surface area contributed by atoms with Gasteiger partial charge in [0, 0.05) is 31.7 Å². The second kappa shape index (κ2) is 16.0. The Bertz CT molecular complexity index is 2180. The van der Waals surface area contributed by atoms with Crippen molar-refractivity contribution in [1.82, 2.24) is 9.97 Å². The van der Waals surface area contributed by atoms with E-state index in [1.54, 1.807) is 0 Å². The molecule has 0 unspecified atom stereocenters. The Labute approximate surface area is 313 Å². The Hall–Kier alpha value is -3.83. The van der Waals surface area contributed by atoms with Crippen LogP contribution in [0.25, 0.3) is 55.6 Å². The molecule has 1 fully saturated rings. The van der Waals surface area contributed by atoms with Crippen molar-refractivity contribution in [2.75, 3.05) is 0 Å². The van der Waals surface area contributed by atoms with Gasteiger partial charge in [-0.25, -0.2) is 0 Å². The monoisotopic (exact) mass is 895 g/mol. The third-order valence-corrected chi connectivity index (χ3v) is 14.3. The van der Waals surface area contributed by atoms with Crippen molar-refractivity contribution < 1.29 is 24.5 Å². The van der Waals surface area contributed by atoms with Crippen LogP contribution in [0.2, 0.25) is 17.3 Å². The summed E-state index contributed by atoms with van der Waals surface area (Å²) in [6.45, 7) is 2.19. The van der Waals surface area contributed by atoms with Crippen molar-refractivity contribution in [3.8, 4) is 33.6 Å². The first-order chi connectivity index (χ1) is 23.8. The van der Waals surface area contributed by atoms with E-state index in [1.165, 1.54) is 58.8 Å². The summed E-state index contributed by atoms with van der Waals surface area (Å²) in [5.41, 5.74) is 10.9. The molecule has 0 bridgehead atoms. The van der Waals surface area contributed by atoms with Crippen molar-refractivity contribution in [3.05, 3.63) is 139 Å². The van der Waals surface area contributed by atoms with Gasteiger partial charge in [0.05, 0.1) is 5.58 Å². The summed E-state index contributed by atoms with van der Waals surface area (Å²) in [6, 6.07) is 42.3. The van der Waals surface area contributed by atoms with Crippen molar-refractivity contribution >= 4 is 39.6 Å². The number of rotatable bonds is 6. The molecule has 3 heterocycles. The number of pyridine rings is 2. The number of hydrogen-bond acceptors (Lipinski definition) is 3. The largest absolute Gasteiger partial charge is 0.501 e. The number of aryl methyl sites for hydroxylation is 1. The third kappa shape index (κ3) is 8.20. The Balaban J connectivity index is 0.000000204. The molecule has 1 saturated carbocycles. The van der Waals surface area contributed by atoms with Gasteiger partial charge in [-0.3, -0.25) is 0 Å². The molecule has 4 aromatic carbocycles. The zero-order chi connectivity index (χ0) is 33.8. The molecule has 3 aromatic heterocycles. The molecule has 1 radical (unpaired) electrons. The normalized spacial score (nSPS) is 13.4. The first kappa shape index (κ1) is 36.0. The molecule has 3 nitrogen and oxygen atoms in total. The maximum Gasteiger partial charge on any atom is 0.120 e. The van der Waals surface area contributed by atoms with Gasteiger partial charge in [-0.1, -0.05) is 91.1 Å². The molecule has 7 aromatic rings. The molecule has 0 spiro atoms. The van der Waals surface area contributed by atoms with Gasteiger partial charge in [0.25, 0.3) is 0 Å². The minimum atomic E-state index is -1.77. The van der Waals surface area contributed by atoms with Crippen molar-refractivity contribution in [1.29, 1.82) is 0 Å². The molecule has 0 N–H and O–H groups in total. The average molecular weight is 894 g/mol.